The normalized spacial score (nSPS) is 17.9. The number of nitrogens with one attached hydrogen (secondary N) is 2. The summed E-state index contributed by atoms with van der Waals surface area (Å²) in [5, 5.41) is 4.57. The first kappa shape index (κ1) is 24.3. The molecule has 2 aromatic carbocycles. The van der Waals surface area contributed by atoms with Gasteiger partial charge in [0.05, 0.1) is 0 Å². The largest absolute Gasteiger partial charge is 0.296 e. The maximum Gasteiger partial charge on any atom is 0.230 e. The molecule has 1 unspecified atom stereocenters. The number of piperidine rings is 2. The molecule has 1 atom stereocenters. The Labute approximate surface area is 187 Å². The minimum atomic E-state index is -0.149. The van der Waals surface area contributed by atoms with Crippen LogP contribution in [0.2, 0.25) is 0 Å². The minimum absolute atomic E-state index is 0.0508. The Morgan fingerprint density at radius 3 is 1.65 bits per heavy atom. The quantitative estimate of drug-likeness (QED) is 0.562. The molecular formula is C24H27ClN2O4. The third kappa shape index (κ3) is 9.57. The van der Waals surface area contributed by atoms with Gasteiger partial charge >= 0.3 is 0 Å². The van der Waals surface area contributed by atoms with Crippen molar-refractivity contribution in [3.63, 3.8) is 0 Å². The standard InChI is InChI=1S/C12H13NO2.C7H7Cl.C5H7NO2/c14-11-7-6-10(12(15)13-11)8-9-4-2-1-3-5-9;8-6-7-4-2-1-3-5-7;7-4-2-1-3-5(8)6-4/h1-5,10H,6-8H2,(H,13,14,15);1-5H,6H2;1-3H2,(H,6,7,8). The molecule has 0 saturated carbocycles. The highest BCUT2D eigenvalue weighted by atomic mass is 35.5. The number of carbonyl (C=O) groups is 4. The average molecular weight is 443 g/mol. The first-order valence-corrected chi connectivity index (χ1v) is 10.8. The van der Waals surface area contributed by atoms with Crippen LogP contribution in [0.3, 0.4) is 0 Å². The van der Waals surface area contributed by atoms with Crippen LogP contribution in [0.15, 0.2) is 60.7 Å². The zero-order valence-electron chi connectivity index (χ0n) is 17.3. The number of halogens is 1. The molecule has 2 fully saturated rings. The van der Waals surface area contributed by atoms with Crippen LogP contribution in [0.5, 0.6) is 0 Å². The highest BCUT2D eigenvalue weighted by Crippen LogP contribution is 2.17. The topological polar surface area (TPSA) is 92.3 Å². The molecule has 4 rings (SSSR count). The molecule has 2 aromatic rings. The van der Waals surface area contributed by atoms with Crippen molar-refractivity contribution in [3.05, 3.63) is 71.8 Å². The van der Waals surface area contributed by atoms with E-state index in [-0.39, 0.29) is 29.5 Å². The monoisotopic (exact) mass is 442 g/mol. The van der Waals surface area contributed by atoms with Gasteiger partial charge in [-0.05, 0) is 30.4 Å². The zero-order chi connectivity index (χ0) is 22.5. The van der Waals surface area contributed by atoms with Gasteiger partial charge in [0.1, 0.15) is 0 Å². The third-order valence-electron chi connectivity index (χ3n) is 4.76. The maximum atomic E-state index is 11.5. The second kappa shape index (κ2) is 13.3. The van der Waals surface area contributed by atoms with Gasteiger partial charge in [-0.3, -0.25) is 29.8 Å². The Hall–Kier alpha value is -2.99. The van der Waals surface area contributed by atoms with Crippen molar-refractivity contribution in [1.82, 2.24) is 10.6 Å². The van der Waals surface area contributed by atoms with Crippen molar-refractivity contribution >= 4 is 35.2 Å². The molecule has 0 spiro atoms. The lowest BCUT2D eigenvalue weighted by Gasteiger charge is -2.20. The summed E-state index contributed by atoms with van der Waals surface area (Å²) in [5.41, 5.74) is 2.32. The summed E-state index contributed by atoms with van der Waals surface area (Å²) in [6, 6.07) is 19.8. The molecule has 0 aliphatic carbocycles. The highest BCUT2D eigenvalue weighted by molar-refractivity contribution is 6.17. The highest BCUT2D eigenvalue weighted by Gasteiger charge is 2.26. The van der Waals surface area contributed by atoms with Gasteiger partial charge < -0.3 is 0 Å². The fourth-order valence-corrected chi connectivity index (χ4v) is 3.27. The molecule has 2 N–H and O–H groups in total. The van der Waals surface area contributed by atoms with Gasteiger partial charge in [0, 0.05) is 31.1 Å². The molecule has 164 valence electrons. The molecular weight excluding hydrogens is 416 g/mol. The SMILES string of the molecule is ClCc1ccccc1.O=C1CCC(Cc2ccccc2)C(=O)N1.O=C1CCCC(=O)N1. The number of rotatable bonds is 3. The van der Waals surface area contributed by atoms with Crippen molar-refractivity contribution in [2.24, 2.45) is 5.92 Å². The van der Waals surface area contributed by atoms with Gasteiger partial charge in [0.2, 0.25) is 23.6 Å². The summed E-state index contributed by atoms with van der Waals surface area (Å²) in [4.78, 5) is 43.1. The van der Waals surface area contributed by atoms with Crippen LogP contribution >= 0.6 is 11.6 Å². The Balaban J connectivity index is 0.000000181. The molecule has 0 bridgehead atoms. The van der Waals surface area contributed by atoms with Crippen LogP contribution < -0.4 is 10.6 Å². The van der Waals surface area contributed by atoms with E-state index in [0.29, 0.717) is 38.0 Å². The van der Waals surface area contributed by atoms with E-state index in [1.54, 1.807) is 0 Å². The molecule has 2 heterocycles. The Bertz CT molecular complexity index is 858. The minimum Gasteiger partial charge on any atom is -0.296 e. The molecule has 4 amide bonds. The van der Waals surface area contributed by atoms with Crippen LogP contribution in [0.25, 0.3) is 0 Å². The Kier molecular flexibility index (Phi) is 10.4. The Morgan fingerprint density at radius 1 is 0.710 bits per heavy atom. The third-order valence-corrected chi connectivity index (χ3v) is 5.07. The summed E-state index contributed by atoms with van der Waals surface area (Å²) in [5.74, 6) is 0.00733. The van der Waals surface area contributed by atoms with E-state index in [1.807, 2.05) is 60.7 Å². The zero-order valence-corrected chi connectivity index (χ0v) is 18.1. The molecule has 2 saturated heterocycles. The van der Waals surface area contributed by atoms with E-state index in [1.165, 1.54) is 5.56 Å². The number of hydrogen-bond donors (Lipinski definition) is 2. The molecule has 6 nitrogen and oxygen atoms in total. The van der Waals surface area contributed by atoms with Gasteiger partial charge in [-0.1, -0.05) is 60.7 Å². The summed E-state index contributed by atoms with van der Waals surface area (Å²) < 4.78 is 0. The molecule has 7 heteroatoms. The maximum absolute atomic E-state index is 11.5. The Morgan fingerprint density at radius 2 is 1.23 bits per heavy atom. The number of hydrogen-bond acceptors (Lipinski definition) is 4. The fourth-order valence-electron chi connectivity index (χ4n) is 3.09. The summed E-state index contributed by atoms with van der Waals surface area (Å²) in [6.07, 6.45) is 3.57. The van der Waals surface area contributed by atoms with Crippen LogP contribution in [0.1, 0.15) is 43.2 Å². The smallest absolute Gasteiger partial charge is 0.230 e. The van der Waals surface area contributed by atoms with Crippen molar-refractivity contribution in [3.8, 4) is 0 Å². The fraction of sp³-hybridized carbons (Fsp3) is 0.333. The summed E-state index contributed by atoms with van der Waals surface area (Å²) in [6.45, 7) is 0. The summed E-state index contributed by atoms with van der Waals surface area (Å²) >= 11 is 5.53. The predicted molar refractivity (Wildman–Crippen MR) is 119 cm³/mol. The molecule has 2 aliphatic rings. The molecule has 2 aliphatic heterocycles. The lowest BCUT2D eigenvalue weighted by molar-refractivity contribution is -0.137. The number of carbonyl (C=O) groups excluding carboxylic acids is 4. The molecule has 31 heavy (non-hydrogen) atoms. The summed E-state index contributed by atoms with van der Waals surface area (Å²) in [7, 11) is 0. The van der Waals surface area contributed by atoms with Gasteiger partial charge in [0.25, 0.3) is 0 Å². The first-order valence-electron chi connectivity index (χ1n) is 10.3. The van der Waals surface area contributed by atoms with Crippen LogP contribution in [0, 0.1) is 5.92 Å². The van der Waals surface area contributed by atoms with Crippen molar-refractivity contribution in [2.45, 2.75) is 44.4 Å². The van der Waals surface area contributed by atoms with Crippen LogP contribution in [0.4, 0.5) is 0 Å². The van der Waals surface area contributed by atoms with Crippen molar-refractivity contribution < 1.29 is 19.2 Å². The second-order valence-electron chi connectivity index (χ2n) is 7.28. The van der Waals surface area contributed by atoms with E-state index >= 15 is 0 Å². The number of benzene rings is 2. The van der Waals surface area contributed by atoms with E-state index in [2.05, 4.69) is 10.6 Å². The predicted octanol–water partition coefficient (Wildman–Crippen LogP) is 3.52. The number of amides is 4. The van der Waals surface area contributed by atoms with E-state index in [0.717, 1.165) is 12.0 Å². The first-order chi connectivity index (χ1) is 15.0. The van der Waals surface area contributed by atoms with E-state index in [4.69, 9.17) is 11.6 Å². The van der Waals surface area contributed by atoms with Crippen LogP contribution in [-0.4, -0.2) is 23.6 Å². The van der Waals surface area contributed by atoms with Crippen LogP contribution in [-0.2, 0) is 31.5 Å². The molecule has 0 aromatic heterocycles. The van der Waals surface area contributed by atoms with E-state index in [9.17, 15) is 19.2 Å². The lowest BCUT2D eigenvalue weighted by Crippen LogP contribution is -2.41. The van der Waals surface area contributed by atoms with Gasteiger partial charge in [-0.25, -0.2) is 0 Å². The number of alkyl halides is 1. The van der Waals surface area contributed by atoms with E-state index < -0.39 is 0 Å². The van der Waals surface area contributed by atoms with Crippen molar-refractivity contribution in [1.29, 1.82) is 0 Å². The van der Waals surface area contributed by atoms with Gasteiger partial charge in [0.15, 0.2) is 0 Å². The number of imide groups is 2. The second-order valence-corrected chi connectivity index (χ2v) is 7.55. The van der Waals surface area contributed by atoms with Crippen molar-refractivity contribution in [2.75, 3.05) is 0 Å². The lowest BCUT2D eigenvalue weighted by atomic mass is 9.91. The van der Waals surface area contributed by atoms with Gasteiger partial charge in [-0.15, -0.1) is 11.6 Å². The molecule has 0 radical (unpaired) electrons. The van der Waals surface area contributed by atoms with Gasteiger partial charge in [-0.2, -0.15) is 0 Å². The average Bonchev–Trinajstić information content (AvgIpc) is 2.78.